The molecule has 31 heavy (non-hydrogen) atoms. The van der Waals surface area contributed by atoms with Crippen LogP contribution < -0.4 is 14.3 Å². The van der Waals surface area contributed by atoms with Gasteiger partial charge in [-0.2, -0.15) is 9.30 Å². The third-order valence-electron chi connectivity index (χ3n) is 5.32. The number of hydrogen-bond acceptors (Lipinski definition) is 6. The molecule has 0 unspecified atom stereocenters. The number of benzene rings is 2. The maximum absolute atomic E-state index is 12.7. The van der Waals surface area contributed by atoms with Gasteiger partial charge < -0.3 is 14.0 Å². The van der Waals surface area contributed by atoms with Gasteiger partial charge in [-0.25, -0.2) is 8.42 Å². The van der Waals surface area contributed by atoms with E-state index in [0.717, 1.165) is 23.1 Å². The van der Waals surface area contributed by atoms with Crippen LogP contribution >= 0.6 is 11.3 Å². The molecule has 1 aliphatic rings. The number of amides is 1. The van der Waals surface area contributed by atoms with Gasteiger partial charge in [0.2, 0.25) is 10.0 Å². The molecule has 164 valence electrons. The molecule has 3 aromatic rings. The number of hydrogen-bond donors (Lipinski definition) is 0. The highest BCUT2D eigenvalue weighted by molar-refractivity contribution is 7.89. The van der Waals surface area contributed by atoms with E-state index in [1.165, 1.54) is 39.9 Å². The van der Waals surface area contributed by atoms with Gasteiger partial charge in [-0.15, -0.1) is 0 Å². The molecule has 2 aromatic carbocycles. The molecule has 0 aliphatic carbocycles. The second kappa shape index (κ2) is 8.45. The van der Waals surface area contributed by atoms with E-state index in [1.54, 1.807) is 14.2 Å². The third kappa shape index (κ3) is 3.98. The molecule has 1 aromatic heterocycles. The van der Waals surface area contributed by atoms with E-state index in [4.69, 9.17) is 9.47 Å². The first-order valence-corrected chi connectivity index (χ1v) is 12.0. The summed E-state index contributed by atoms with van der Waals surface area (Å²) in [5, 5.41) is 0. The lowest BCUT2D eigenvalue weighted by atomic mass is 10.2. The van der Waals surface area contributed by atoms with Crippen LogP contribution in [0.2, 0.25) is 0 Å². The number of aryl methyl sites for hydroxylation is 1. The number of carbonyl (C=O) groups is 1. The average Bonchev–Trinajstić information content (AvgIpc) is 3.42. The Morgan fingerprint density at radius 3 is 2.26 bits per heavy atom. The first-order chi connectivity index (χ1) is 14.8. The number of nitrogens with zero attached hydrogens (tertiary/aromatic N) is 3. The lowest BCUT2D eigenvalue weighted by molar-refractivity contribution is 0.0998. The van der Waals surface area contributed by atoms with Crippen LogP contribution in [0.15, 0.2) is 46.3 Å². The molecule has 1 amide bonds. The zero-order valence-corrected chi connectivity index (χ0v) is 19.1. The molecule has 8 nitrogen and oxygen atoms in total. The molecule has 10 heteroatoms. The molecule has 1 aliphatic heterocycles. The van der Waals surface area contributed by atoms with Gasteiger partial charge in [0, 0.05) is 37.8 Å². The number of methoxy groups -OCH3 is 2. The summed E-state index contributed by atoms with van der Waals surface area (Å²) in [4.78, 5) is 17.7. The zero-order valence-electron chi connectivity index (χ0n) is 17.5. The quantitative estimate of drug-likeness (QED) is 0.583. The van der Waals surface area contributed by atoms with E-state index < -0.39 is 15.9 Å². The van der Waals surface area contributed by atoms with E-state index in [9.17, 15) is 13.2 Å². The van der Waals surface area contributed by atoms with Crippen molar-refractivity contribution in [2.75, 3.05) is 27.3 Å². The number of aromatic nitrogens is 1. The molecule has 2 heterocycles. The highest BCUT2D eigenvalue weighted by atomic mass is 32.2. The monoisotopic (exact) mass is 461 g/mol. The summed E-state index contributed by atoms with van der Waals surface area (Å²) in [6.07, 6.45) is 1.75. The van der Waals surface area contributed by atoms with Crippen molar-refractivity contribution in [1.29, 1.82) is 0 Å². The van der Waals surface area contributed by atoms with Gasteiger partial charge in [0.15, 0.2) is 16.3 Å². The molecule has 1 saturated heterocycles. The lowest BCUT2D eigenvalue weighted by Crippen LogP contribution is -2.27. The van der Waals surface area contributed by atoms with Gasteiger partial charge in [-0.1, -0.05) is 11.3 Å². The Morgan fingerprint density at radius 1 is 1.03 bits per heavy atom. The predicted octanol–water partition coefficient (Wildman–Crippen LogP) is 2.78. The molecule has 0 radical (unpaired) electrons. The molecule has 1 fully saturated rings. The highest BCUT2D eigenvalue weighted by Gasteiger charge is 2.27. The van der Waals surface area contributed by atoms with E-state index in [2.05, 4.69) is 4.99 Å². The second-order valence-corrected chi connectivity index (χ2v) is 10.1. The molecule has 0 atom stereocenters. The van der Waals surface area contributed by atoms with Crippen LogP contribution in [0.4, 0.5) is 0 Å². The van der Waals surface area contributed by atoms with Crippen molar-refractivity contribution in [2.45, 2.75) is 17.7 Å². The number of fused-ring (bicyclic) bond motifs is 1. The number of carbonyl (C=O) groups excluding carboxylic acids is 1. The Morgan fingerprint density at radius 2 is 1.65 bits per heavy atom. The van der Waals surface area contributed by atoms with Gasteiger partial charge in [-0.3, -0.25) is 4.79 Å². The van der Waals surface area contributed by atoms with Gasteiger partial charge in [0.1, 0.15) is 0 Å². The minimum atomic E-state index is -3.51. The van der Waals surface area contributed by atoms with Crippen molar-refractivity contribution >= 4 is 37.5 Å². The van der Waals surface area contributed by atoms with Crippen molar-refractivity contribution in [3.8, 4) is 11.5 Å². The largest absolute Gasteiger partial charge is 0.493 e. The topological polar surface area (TPSA) is 90.2 Å². The summed E-state index contributed by atoms with van der Waals surface area (Å²) >= 11 is 1.36. The average molecular weight is 462 g/mol. The minimum Gasteiger partial charge on any atom is -0.493 e. The molecule has 0 bridgehead atoms. The van der Waals surface area contributed by atoms with Crippen LogP contribution in [0.1, 0.15) is 23.2 Å². The number of rotatable bonds is 5. The van der Waals surface area contributed by atoms with Crippen LogP contribution in [-0.2, 0) is 17.1 Å². The van der Waals surface area contributed by atoms with E-state index >= 15 is 0 Å². The first-order valence-electron chi connectivity index (χ1n) is 9.76. The smallest absolute Gasteiger partial charge is 0.279 e. The normalized spacial score (nSPS) is 15.5. The van der Waals surface area contributed by atoms with Crippen LogP contribution in [-0.4, -0.2) is 50.5 Å². The zero-order chi connectivity index (χ0) is 22.2. The fraction of sp³-hybridized carbons (Fsp3) is 0.333. The maximum atomic E-state index is 12.7. The summed E-state index contributed by atoms with van der Waals surface area (Å²) in [6.45, 7) is 1.08. The van der Waals surface area contributed by atoms with Gasteiger partial charge >= 0.3 is 0 Å². The SMILES string of the molecule is COc1cc2sc(=NC(=O)c3ccc(S(=O)(=O)N4CCCC4)cc3)n(C)c2cc1OC. The van der Waals surface area contributed by atoms with Gasteiger partial charge in [0.25, 0.3) is 5.91 Å². The Labute approximate surface area is 184 Å². The van der Waals surface area contributed by atoms with E-state index in [1.807, 2.05) is 23.7 Å². The Hall–Kier alpha value is -2.69. The van der Waals surface area contributed by atoms with Crippen molar-refractivity contribution in [1.82, 2.24) is 8.87 Å². The van der Waals surface area contributed by atoms with Gasteiger partial charge in [0.05, 0.1) is 29.3 Å². The standard InChI is InChI=1S/C21H23N3O5S2/c1-23-16-12-17(28-2)18(29-3)13-19(16)30-21(23)22-20(25)14-6-8-15(9-7-14)31(26,27)24-10-4-5-11-24/h6-9,12-13H,4-5,10-11H2,1-3H3. The Balaban J connectivity index is 1.66. The third-order valence-corrected chi connectivity index (χ3v) is 8.32. The van der Waals surface area contributed by atoms with Crippen molar-refractivity contribution in [3.05, 3.63) is 46.8 Å². The van der Waals surface area contributed by atoms with Crippen LogP contribution in [0.5, 0.6) is 11.5 Å². The Kier molecular flexibility index (Phi) is 5.87. The molecule has 0 spiro atoms. The van der Waals surface area contributed by atoms with Crippen LogP contribution in [0.3, 0.4) is 0 Å². The number of thiazole rings is 1. The fourth-order valence-electron chi connectivity index (χ4n) is 3.56. The highest BCUT2D eigenvalue weighted by Crippen LogP contribution is 2.33. The maximum Gasteiger partial charge on any atom is 0.279 e. The van der Waals surface area contributed by atoms with E-state index in [0.29, 0.717) is 35.0 Å². The van der Waals surface area contributed by atoms with Crippen LogP contribution in [0.25, 0.3) is 10.2 Å². The predicted molar refractivity (Wildman–Crippen MR) is 118 cm³/mol. The Bertz CT molecular complexity index is 1300. The molecular formula is C21H23N3O5S2. The summed E-state index contributed by atoms with van der Waals surface area (Å²) in [5.41, 5.74) is 1.19. The molecule has 4 rings (SSSR count). The van der Waals surface area contributed by atoms with Gasteiger partial charge in [-0.05, 0) is 37.1 Å². The molecule has 0 saturated carbocycles. The summed E-state index contributed by atoms with van der Waals surface area (Å²) in [7, 11) is 1.45. The minimum absolute atomic E-state index is 0.192. The van der Waals surface area contributed by atoms with E-state index in [-0.39, 0.29) is 4.90 Å². The van der Waals surface area contributed by atoms with Crippen molar-refractivity contribution < 1.29 is 22.7 Å². The summed E-state index contributed by atoms with van der Waals surface area (Å²) in [5.74, 6) is 0.756. The number of sulfonamides is 1. The summed E-state index contributed by atoms with van der Waals surface area (Å²) < 4.78 is 40.2. The van der Waals surface area contributed by atoms with Crippen molar-refractivity contribution in [3.63, 3.8) is 0 Å². The molecule has 0 N–H and O–H groups in total. The summed E-state index contributed by atoms with van der Waals surface area (Å²) in [6, 6.07) is 9.64. The fourth-order valence-corrected chi connectivity index (χ4v) is 6.10. The second-order valence-electron chi connectivity index (χ2n) is 7.17. The first kappa shape index (κ1) is 21.5. The number of ether oxygens (including phenoxy) is 2. The van der Waals surface area contributed by atoms with Crippen molar-refractivity contribution in [2.24, 2.45) is 12.0 Å². The molecular weight excluding hydrogens is 438 g/mol. The van der Waals surface area contributed by atoms with Crippen LogP contribution in [0, 0.1) is 0 Å². The lowest BCUT2D eigenvalue weighted by Gasteiger charge is -2.15.